The zero-order valence-corrected chi connectivity index (χ0v) is 15.2. The van der Waals surface area contributed by atoms with E-state index in [0.717, 1.165) is 5.56 Å². The Balaban J connectivity index is 1.34. The highest BCUT2D eigenvalue weighted by Crippen LogP contribution is 2.35. The van der Waals surface area contributed by atoms with Crippen molar-refractivity contribution in [3.63, 3.8) is 0 Å². The number of carbonyl (C=O) groups is 2. The summed E-state index contributed by atoms with van der Waals surface area (Å²) in [6.07, 6.45) is 0. The number of fused-ring (bicyclic) bond motifs is 2. The number of anilines is 2. The second-order valence-corrected chi connectivity index (χ2v) is 6.97. The number of nitrogens with zero attached hydrogens (tertiary/aromatic N) is 1. The molecule has 8 nitrogen and oxygen atoms in total. The predicted octanol–water partition coefficient (Wildman–Crippen LogP) is 3.12. The molecular formula is C19H13N3O5S. The number of ether oxygens (including phenoxy) is 3. The van der Waals surface area contributed by atoms with Crippen molar-refractivity contribution in [2.45, 2.75) is 0 Å². The summed E-state index contributed by atoms with van der Waals surface area (Å²) in [5, 5.41) is 7.86. The van der Waals surface area contributed by atoms with E-state index in [1.54, 1.807) is 30.3 Å². The number of rotatable bonds is 3. The van der Waals surface area contributed by atoms with Crippen LogP contribution in [-0.4, -0.2) is 30.2 Å². The summed E-state index contributed by atoms with van der Waals surface area (Å²) < 4.78 is 15.9. The predicted molar refractivity (Wildman–Crippen MR) is 102 cm³/mol. The Bertz CT molecular complexity index is 1110. The van der Waals surface area contributed by atoms with Gasteiger partial charge in [0.15, 0.2) is 23.2 Å². The minimum Gasteiger partial charge on any atom is -0.482 e. The highest BCUT2D eigenvalue weighted by Gasteiger charge is 2.19. The van der Waals surface area contributed by atoms with Gasteiger partial charge >= 0.3 is 0 Å². The molecule has 0 unspecified atom stereocenters. The lowest BCUT2D eigenvalue weighted by molar-refractivity contribution is -0.118. The van der Waals surface area contributed by atoms with Gasteiger partial charge in [-0.1, -0.05) is 0 Å². The van der Waals surface area contributed by atoms with E-state index in [-0.39, 0.29) is 25.2 Å². The van der Waals surface area contributed by atoms with E-state index in [1.807, 2.05) is 11.4 Å². The number of nitrogens with one attached hydrogen (secondary N) is 2. The molecule has 28 heavy (non-hydrogen) atoms. The molecule has 9 heteroatoms. The highest BCUT2D eigenvalue weighted by atomic mass is 32.1. The Kier molecular flexibility index (Phi) is 3.87. The molecule has 0 spiro atoms. The molecule has 0 radical (unpaired) electrons. The average Bonchev–Trinajstić information content (AvgIpc) is 3.36. The zero-order chi connectivity index (χ0) is 19.1. The summed E-state index contributed by atoms with van der Waals surface area (Å²) in [6, 6.07) is 10.4. The Morgan fingerprint density at radius 2 is 1.93 bits per heavy atom. The van der Waals surface area contributed by atoms with Crippen molar-refractivity contribution < 1.29 is 23.8 Å². The summed E-state index contributed by atoms with van der Waals surface area (Å²) in [4.78, 5) is 28.4. The standard InChI is InChI=1S/C19H13N3O5S/c23-17-7-25-14-3-1-10(5-12(14)20-17)13-8-28-19(21-13)22-18(24)11-2-4-15-16(6-11)27-9-26-15/h1-6,8H,7,9H2,(H,20,23)(H,21,22,24). The number of thiazole rings is 1. The van der Waals surface area contributed by atoms with Crippen LogP contribution in [0.5, 0.6) is 17.2 Å². The number of hydrogen-bond acceptors (Lipinski definition) is 7. The summed E-state index contributed by atoms with van der Waals surface area (Å²) in [5.74, 6) is 1.31. The third-order valence-corrected chi connectivity index (χ3v) is 5.03. The quantitative estimate of drug-likeness (QED) is 0.707. The van der Waals surface area contributed by atoms with Crippen molar-refractivity contribution in [2.75, 3.05) is 24.0 Å². The van der Waals surface area contributed by atoms with Crippen LogP contribution in [0.3, 0.4) is 0 Å². The Hall–Kier alpha value is -3.59. The molecule has 140 valence electrons. The maximum atomic E-state index is 12.5. The summed E-state index contributed by atoms with van der Waals surface area (Å²) in [5.41, 5.74) is 2.56. The molecule has 2 amide bonds. The minimum absolute atomic E-state index is 0.0130. The van der Waals surface area contributed by atoms with E-state index in [1.165, 1.54) is 11.3 Å². The van der Waals surface area contributed by atoms with Gasteiger partial charge in [0, 0.05) is 16.5 Å². The molecule has 0 saturated carbocycles. The summed E-state index contributed by atoms with van der Waals surface area (Å²) in [6.45, 7) is 0.168. The van der Waals surface area contributed by atoms with E-state index in [4.69, 9.17) is 14.2 Å². The van der Waals surface area contributed by atoms with Crippen LogP contribution in [0.25, 0.3) is 11.3 Å². The Morgan fingerprint density at radius 3 is 2.86 bits per heavy atom. The topological polar surface area (TPSA) is 98.8 Å². The van der Waals surface area contributed by atoms with Gasteiger partial charge in [0.2, 0.25) is 6.79 Å². The molecule has 2 aromatic carbocycles. The molecule has 0 bridgehead atoms. The molecule has 0 atom stereocenters. The zero-order valence-electron chi connectivity index (χ0n) is 14.4. The highest BCUT2D eigenvalue weighted by molar-refractivity contribution is 7.14. The molecular weight excluding hydrogens is 382 g/mol. The monoisotopic (exact) mass is 395 g/mol. The number of hydrogen-bond donors (Lipinski definition) is 2. The third kappa shape index (κ3) is 3.01. The number of aromatic nitrogens is 1. The van der Waals surface area contributed by atoms with E-state index in [0.29, 0.717) is 39.3 Å². The third-order valence-electron chi connectivity index (χ3n) is 4.27. The van der Waals surface area contributed by atoms with Gasteiger partial charge in [0.05, 0.1) is 11.4 Å². The molecule has 3 heterocycles. The fraction of sp³-hybridized carbons (Fsp3) is 0.105. The Labute approximate surface area is 163 Å². The molecule has 1 aromatic heterocycles. The minimum atomic E-state index is -0.287. The average molecular weight is 395 g/mol. The van der Waals surface area contributed by atoms with Crippen LogP contribution in [0.1, 0.15) is 10.4 Å². The molecule has 0 fully saturated rings. The van der Waals surface area contributed by atoms with Crippen LogP contribution in [0.4, 0.5) is 10.8 Å². The lowest BCUT2D eigenvalue weighted by atomic mass is 10.1. The second kappa shape index (κ2) is 6.54. The van der Waals surface area contributed by atoms with Gasteiger partial charge in [-0.05, 0) is 36.4 Å². The van der Waals surface area contributed by atoms with Crippen molar-refractivity contribution >= 4 is 34.0 Å². The summed E-state index contributed by atoms with van der Waals surface area (Å²) >= 11 is 1.31. The van der Waals surface area contributed by atoms with Crippen molar-refractivity contribution in [1.29, 1.82) is 0 Å². The van der Waals surface area contributed by atoms with Gasteiger partial charge < -0.3 is 19.5 Å². The molecule has 5 rings (SSSR count). The lowest BCUT2D eigenvalue weighted by Gasteiger charge is -2.18. The van der Waals surface area contributed by atoms with Crippen LogP contribution in [-0.2, 0) is 4.79 Å². The maximum absolute atomic E-state index is 12.5. The van der Waals surface area contributed by atoms with Crippen molar-refractivity contribution in [3.8, 4) is 28.5 Å². The molecule has 0 saturated heterocycles. The lowest BCUT2D eigenvalue weighted by Crippen LogP contribution is -2.25. The first-order valence-electron chi connectivity index (χ1n) is 8.39. The van der Waals surface area contributed by atoms with Crippen LogP contribution in [0.15, 0.2) is 41.8 Å². The van der Waals surface area contributed by atoms with Crippen molar-refractivity contribution in [2.24, 2.45) is 0 Å². The van der Waals surface area contributed by atoms with Gasteiger partial charge in [0.1, 0.15) is 5.75 Å². The molecule has 2 N–H and O–H groups in total. The smallest absolute Gasteiger partial charge is 0.262 e. The van der Waals surface area contributed by atoms with Crippen molar-refractivity contribution in [3.05, 3.63) is 47.3 Å². The van der Waals surface area contributed by atoms with Crippen LogP contribution >= 0.6 is 11.3 Å². The molecule has 2 aliphatic rings. The van der Waals surface area contributed by atoms with Gasteiger partial charge in [-0.15, -0.1) is 11.3 Å². The fourth-order valence-corrected chi connectivity index (χ4v) is 3.63. The van der Waals surface area contributed by atoms with Gasteiger partial charge in [-0.3, -0.25) is 14.9 Å². The summed E-state index contributed by atoms with van der Waals surface area (Å²) in [7, 11) is 0. The Morgan fingerprint density at radius 1 is 1.07 bits per heavy atom. The first kappa shape index (κ1) is 16.6. The number of carbonyl (C=O) groups excluding carboxylic acids is 2. The van der Waals surface area contributed by atoms with E-state index in [9.17, 15) is 9.59 Å². The van der Waals surface area contributed by atoms with Crippen molar-refractivity contribution in [1.82, 2.24) is 4.98 Å². The SMILES string of the molecule is O=C1COc2ccc(-c3csc(NC(=O)c4ccc5c(c4)OCO5)n3)cc2N1. The first-order valence-corrected chi connectivity index (χ1v) is 9.27. The number of benzene rings is 2. The van der Waals surface area contributed by atoms with E-state index in [2.05, 4.69) is 15.6 Å². The molecule has 0 aliphatic carbocycles. The van der Waals surface area contributed by atoms with Crippen LogP contribution in [0.2, 0.25) is 0 Å². The largest absolute Gasteiger partial charge is 0.482 e. The van der Waals surface area contributed by atoms with Crippen LogP contribution < -0.4 is 24.8 Å². The normalized spacial score (nSPS) is 14.1. The van der Waals surface area contributed by atoms with Crippen LogP contribution in [0, 0.1) is 0 Å². The molecule has 3 aromatic rings. The van der Waals surface area contributed by atoms with Gasteiger partial charge in [-0.25, -0.2) is 4.98 Å². The van der Waals surface area contributed by atoms with E-state index < -0.39 is 0 Å². The van der Waals surface area contributed by atoms with E-state index >= 15 is 0 Å². The second-order valence-electron chi connectivity index (χ2n) is 6.11. The fourth-order valence-electron chi connectivity index (χ4n) is 2.91. The maximum Gasteiger partial charge on any atom is 0.262 e. The van der Waals surface area contributed by atoms with Gasteiger partial charge in [-0.2, -0.15) is 0 Å². The number of amides is 2. The molecule has 2 aliphatic heterocycles. The first-order chi connectivity index (χ1) is 13.7. The van der Waals surface area contributed by atoms with Gasteiger partial charge in [0.25, 0.3) is 11.8 Å².